The summed E-state index contributed by atoms with van der Waals surface area (Å²) < 4.78 is 10.8. The first-order chi connectivity index (χ1) is 9.35. The summed E-state index contributed by atoms with van der Waals surface area (Å²) in [6.07, 6.45) is 1.52. The fourth-order valence-electron chi connectivity index (χ4n) is 2.82. The number of ether oxygens (including phenoxy) is 2. The number of carbonyl (C=O) groups excluding carboxylic acids is 2. The van der Waals surface area contributed by atoms with Crippen LogP contribution in [0, 0.1) is 17.3 Å². The molecule has 1 saturated heterocycles. The summed E-state index contributed by atoms with van der Waals surface area (Å²) in [4.78, 5) is 23.7. The smallest absolute Gasteiger partial charge is 0.320 e. The van der Waals surface area contributed by atoms with Crippen LogP contribution in [-0.2, 0) is 19.1 Å². The molecular formula is C15H22O5. The van der Waals surface area contributed by atoms with Crippen LogP contribution in [0.5, 0.6) is 0 Å². The van der Waals surface area contributed by atoms with Crippen molar-refractivity contribution < 1.29 is 24.2 Å². The predicted octanol–water partition coefficient (Wildman–Crippen LogP) is 2.01. The molecule has 1 spiro atoms. The van der Waals surface area contributed by atoms with E-state index in [9.17, 15) is 14.7 Å². The summed E-state index contributed by atoms with van der Waals surface area (Å²) in [7, 11) is 0. The van der Waals surface area contributed by atoms with Crippen molar-refractivity contribution in [1.29, 1.82) is 0 Å². The summed E-state index contributed by atoms with van der Waals surface area (Å²) in [5, 5.41) is 10.0. The maximum atomic E-state index is 12.1. The zero-order chi connectivity index (χ0) is 14.9. The number of carbonyl (C=O) groups is 2. The van der Waals surface area contributed by atoms with Gasteiger partial charge in [-0.3, -0.25) is 9.59 Å². The van der Waals surface area contributed by atoms with Gasteiger partial charge in [-0.25, -0.2) is 0 Å². The van der Waals surface area contributed by atoms with E-state index in [2.05, 4.69) is 0 Å². The van der Waals surface area contributed by atoms with Crippen molar-refractivity contribution in [3.63, 3.8) is 0 Å². The van der Waals surface area contributed by atoms with E-state index < -0.39 is 11.4 Å². The molecule has 1 heterocycles. The van der Waals surface area contributed by atoms with Crippen molar-refractivity contribution in [2.24, 2.45) is 17.3 Å². The average Bonchev–Trinajstić information content (AvgIpc) is 2.64. The number of hydrogen-bond donors (Lipinski definition) is 1. The highest BCUT2D eigenvalue weighted by Crippen LogP contribution is 2.47. The lowest BCUT2D eigenvalue weighted by molar-refractivity contribution is -0.151. The van der Waals surface area contributed by atoms with Crippen molar-refractivity contribution in [3.8, 4) is 0 Å². The minimum atomic E-state index is -1.04. The lowest BCUT2D eigenvalue weighted by Gasteiger charge is -2.30. The zero-order valence-corrected chi connectivity index (χ0v) is 12.2. The van der Waals surface area contributed by atoms with Gasteiger partial charge in [-0.1, -0.05) is 20.8 Å². The van der Waals surface area contributed by atoms with Crippen LogP contribution in [0.15, 0.2) is 11.8 Å². The molecule has 3 atom stereocenters. The number of allylic oxidation sites excluding steroid dienone is 1. The molecular weight excluding hydrogens is 260 g/mol. The molecule has 2 aliphatic rings. The lowest BCUT2D eigenvalue weighted by atomic mass is 9.71. The molecule has 0 unspecified atom stereocenters. The van der Waals surface area contributed by atoms with E-state index >= 15 is 0 Å². The molecule has 0 aromatic heterocycles. The Morgan fingerprint density at radius 1 is 1.45 bits per heavy atom. The standard InChI is InChI=1S/C15H22O5/c1-9(2)7-19-8-11-6-15(14(18)20-11)5-10(3)12(16)4-13(15)17/h4,9-11,17H,5-8H2,1-3H3/t10-,11+,15+/m1/s1. The molecule has 1 fully saturated rings. The minimum absolute atomic E-state index is 0.138. The van der Waals surface area contributed by atoms with Gasteiger partial charge >= 0.3 is 5.97 Å². The van der Waals surface area contributed by atoms with Crippen molar-refractivity contribution in [2.45, 2.75) is 39.7 Å². The monoisotopic (exact) mass is 282 g/mol. The van der Waals surface area contributed by atoms with Gasteiger partial charge in [0, 0.05) is 25.0 Å². The van der Waals surface area contributed by atoms with Gasteiger partial charge in [-0.05, 0) is 12.3 Å². The first-order valence-corrected chi connectivity index (χ1v) is 7.09. The Morgan fingerprint density at radius 2 is 2.15 bits per heavy atom. The van der Waals surface area contributed by atoms with Crippen LogP contribution in [0.3, 0.4) is 0 Å². The molecule has 0 amide bonds. The Morgan fingerprint density at radius 3 is 2.80 bits per heavy atom. The molecule has 112 valence electrons. The fraction of sp³-hybridized carbons (Fsp3) is 0.733. The Kier molecular flexibility index (Phi) is 4.18. The maximum Gasteiger partial charge on any atom is 0.320 e. The third-order valence-corrected chi connectivity index (χ3v) is 3.91. The average molecular weight is 282 g/mol. The summed E-state index contributed by atoms with van der Waals surface area (Å²) in [6, 6.07) is 0. The predicted molar refractivity (Wildman–Crippen MR) is 72.1 cm³/mol. The molecule has 2 rings (SSSR count). The van der Waals surface area contributed by atoms with Crippen molar-refractivity contribution in [3.05, 3.63) is 11.8 Å². The molecule has 5 nitrogen and oxygen atoms in total. The summed E-state index contributed by atoms with van der Waals surface area (Å²) in [6.45, 7) is 6.80. The topological polar surface area (TPSA) is 72.8 Å². The Balaban J connectivity index is 2.05. The number of rotatable bonds is 4. The van der Waals surface area contributed by atoms with Crippen LogP contribution in [0.1, 0.15) is 33.6 Å². The van der Waals surface area contributed by atoms with E-state index in [1.54, 1.807) is 6.92 Å². The molecule has 0 aromatic rings. The molecule has 20 heavy (non-hydrogen) atoms. The molecule has 1 N–H and O–H groups in total. The second kappa shape index (κ2) is 5.56. The second-order valence-electron chi connectivity index (χ2n) is 6.28. The highest BCUT2D eigenvalue weighted by atomic mass is 16.6. The molecule has 0 bridgehead atoms. The molecule has 1 aliphatic heterocycles. The van der Waals surface area contributed by atoms with E-state index in [1.165, 1.54) is 6.08 Å². The van der Waals surface area contributed by atoms with Gasteiger partial charge in [0.15, 0.2) is 5.78 Å². The minimum Gasteiger partial charge on any atom is -0.511 e. The third kappa shape index (κ3) is 2.73. The number of esters is 1. The first kappa shape index (κ1) is 15.0. The SMILES string of the molecule is CC(C)COC[C@@H]1C[C@]2(C[C@@H](C)C(=O)C=C2O)C(=O)O1. The van der Waals surface area contributed by atoms with Crippen molar-refractivity contribution in [2.75, 3.05) is 13.2 Å². The van der Waals surface area contributed by atoms with E-state index in [0.29, 0.717) is 32.0 Å². The number of aliphatic hydroxyl groups excluding tert-OH is 1. The Hall–Kier alpha value is -1.36. The molecule has 1 aliphatic carbocycles. The zero-order valence-electron chi connectivity index (χ0n) is 12.2. The van der Waals surface area contributed by atoms with Crippen LogP contribution < -0.4 is 0 Å². The van der Waals surface area contributed by atoms with Crippen LogP contribution in [0.4, 0.5) is 0 Å². The highest BCUT2D eigenvalue weighted by Gasteiger charge is 2.55. The Labute approximate surface area is 118 Å². The van der Waals surface area contributed by atoms with Crippen LogP contribution in [-0.4, -0.2) is 36.2 Å². The summed E-state index contributed by atoms with van der Waals surface area (Å²) >= 11 is 0. The molecule has 0 saturated carbocycles. The number of aliphatic hydroxyl groups is 1. The molecule has 0 aromatic carbocycles. The largest absolute Gasteiger partial charge is 0.511 e. The summed E-state index contributed by atoms with van der Waals surface area (Å²) in [5.74, 6) is -0.586. The van der Waals surface area contributed by atoms with E-state index in [1.807, 2.05) is 13.8 Å². The van der Waals surface area contributed by atoms with Crippen LogP contribution >= 0.6 is 0 Å². The number of hydrogen-bond acceptors (Lipinski definition) is 5. The highest BCUT2D eigenvalue weighted by molar-refractivity contribution is 5.96. The second-order valence-corrected chi connectivity index (χ2v) is 6.28. The van der Waals surface area contributed by atoms with Crippen molar-refractivity contribution >= 4 is 11.8 Å². The Bertz CT molecular complexity index is 440. The van der Waals surface area contributed by atoms with Crippen molar-refractivity contribution in [1.82, 2.24) is 0 Å². The van der Waals surface area contributed by atoms with Gasteiger partial charge in [0.1, 0.15) is 17.3 Å². The first-order valence-electron chi connectivity index (χ1n) is 7.09. The number of cyclic esters (lactones) is 1. The van der Waals surface area contributed by atoms with Crippen LogP contribution in [0.2, 0.25) is 0 Å². The van der Waals surface area contributed by atoms with E-state index in [4.69, 9.17) is 9.47 Å². The van der Waals surface area contributed by atoms with E-state index in [-0.39, 0.29) is 23.6 Å². The van der Waals surface area contributed by atoms with Gasteiger partial charge in [-0.2, -0.15) is 0 Å². The normalized spacial score (nSPS) is 33.7. The van der Waals surface area contributed by atoms with Gasteiger partial charge in [0.05, 0.1) is 6.61 Å². The molecule has 5 heteroatoms. The van der Waals surface area contributed by atoms with Gasteiger partial charge in [0.25, 0.3) is 0 Å². The molecule has 0 radical (unpaired) electrons. The maximum absolute atomic E-state index is 12.1. The third-order valence-electron chi connectivity index (χ3n) is 3.91. The van der Waals surface area contributed by atoms with E-state index in [0.717, 1.165) is 0 Å². The van der Waals surface area contributed by atoms with Crippen LogP contribution in [0.25, 0.3) is 0 Å². The quantitative estimate of drug-likeness (QED) is 0.798. The number of ketones is 1. The fourth-order valence-corrected chi connectivity index (χ4v) is 2.82. The van der Waals surface area contributed by atoms with Gasteiger partial charge in [-0.15, -0.1) is 0 Å². The van der Waals surface area contributed by atoms with Gasteiger partial charge < -0.3 is 14.6 Å². The lowest BCUT2D eigenvalue weighted by Crippen LogP contribution is -2.37. The summed E-state index contributed by atoms with van der Waals surface area (Å²) in [5.41, 5.74) is -1.04. The van der Waals surface area contributed by atoms with Gasteiger partial charge in [0.2, 0.25) is 0 Å².